The number of hydrogen-bond donors (Lipinski definition) is 1. The van der Waals surface area contributed by atoms with E-state index in [1.54, 1.807) is 55.2 Å². The Morgan fingerprint density at radius 2 is 1.66 bits per heavy atom. The molecule has 0 bridgehead atoms. The van der Waals surface area contributed by atoms with Crippen LogP contribution in [0.3, 0.4) is 0 Å². The summed E-state index contributed by atoms with van der Waals surface area (Å²) in [4.78, 5) is 28.0. The van der Waals surface area contributed by atoms with Crippen molar-refractivity contribution in [2.75, 3.05) is 34.2 Å². The third-order valence-electron chi connectivity index (χ3n) is 5.31. The molecule has 1 aliphatic rings. The zero-order chi connectivity index (χ0) is 21.8. The number of hydrogen-bond acceptors (Lipinski definition) is 4. The average molecular weight is 425 g/mol. The molecule has 0 aromatic heterocycles. The molecule has 0 aliphatic carbocycles. The first-order chi connectivity index (χ1) is 13.5. The van der Waals surface area contributed by atoms with Gasteiger partial charge in [0.2, 0.25) is 15.9 Å². The van der Waals surface area contributed by atoms with Gasteiger partial charge in [-0.3, -0.25) is 4.79 Å². The van der Waals surface area contributed by atoms with E-state index in [2.05, 4.69) is 5.32 Å². The molecule has 1 saturated heterocycles. The number of carbonyl (C=O) groups is 2. The van der Waals surface area contributed by atoms with Crippen molar-refractivity contribution in [3.8, 4) is 0 Å². The van der Waals surface area contributed by atoms with E-state index >= 15 is 0 Å². The van der Waals surface area contributed by atoms with Crippen molar-refractivity contribution in [3.63, 3.8) is 0 Å². The first-order valence-corrected chi connectivity index (χ1v) is 11.3. The van der Waals surface area contributed by atoms with E-state index in [4.69, 9.17) is 0 Å². The largest absolute Gasteiger partial charge is 0.352 e. The average Bonchev–Trinajstić information content (AvgIpc) is 2.71. The molecule has 0 radical (unpaired) electrons. The molecule has 1 aliphatic heterocycles. The van der Waals surface area contributed by atoms with Crippen LogP contribution in [0.5, 0.6) is 0 Å². The molecule has 0 unspecified atom stereocenters. The zero-order valence-corrected chi connectivity index (χ0v) is 18.7. The number of benzene rings is 1. The van der Waals surface area contributed by atoms with Crippen molar-refractivity contribution in [2.45, 2.75) is 44.2 Å². The van der Waals surface area contributed by atoms with Gasteiger partial charge in [0.1, 0.15) is 0 Å². The van der Waals surface area contributed by atoms with Crippen LogP contribution in [0, 0.1) is 5.92 Å². The number of carbonyl (C=O) groups excluding carboxylic acids is 2. The predicted molar refractivity (Wildman–Crippen MR) is 112 cm³/mol. The minimum atomic E-state index is -3.51. The number of nitrogens with zero attached hydrogens (tertiary/aromatic N) is 3. The van der Waals surface area contributed by atoms with E-state index < -0.39 is 10.0 Å². The van der Waals surface area contributed by atoms with Gasteiger partial charge in [0, 0.05) is 52.7 Å². The number of urea groups is 1. The fourth-order valence-electron chi connectivity index (χ4n) is 3.17. The van der Waals surface area contributed by atoms with Crippen LogP contribution in [0.15, 0.2) is 29.2 Å². The van der Waals surface area contributed by atoms with Gasteiger partial charge in [0.05, 0.1) is 4.90 Å². The van der Waals surface area contributed by atoms with Gasteiger partial charge in [-0.05, 0) is 44.4 Å². The van der Waals surface area contributed by atoms with Crippen LogP contribution in [0.4, 0.5) is 4.79 Å². The highest BCUT2D eigenvalue weighted by Crippen LogP contribution is 2.19. The maximum Gasteiger partial charge on any atom is 0.319 e. The van der Waals surface area contributed by atoms with Crippen LogP contribution in [-0.2, 0) is 21.4 Å². The van der Waals surface area contributed by atoms with Crippen molar-refractivity contribution in [1.82, 2.24) is 19.4 Å². The van der Waals surface area contributed by atoms with Crippen molar-refractivity contribution >= 4 is 22.0 Å². The summed E-state index contributed by atoms with van der Waals surface area (Å²) >= 11 is 0. The van der Waals surface area contributed by atoms with Gasteiger partial charge >= 0.3 is 6.03 Å². The molecule has 2 rings (SSSR count). The second-order valence-corrected chi connectivity index (χ2v) is 9.91. The van der Waals surface area contributed by atoms with E-state index in [-0.39, 0.29) is 28.8 Å². The van der Waals surface area contributed by atoms with E-state index in [1.807, 2.05) is 13.8 Å². The number of sulfonamides is 1. The van der Waals surface area contributed by atoms with Gasteiger partial charge in [-0.1, -0.05) is 12.1 Å². The number of amides is 3. The van der Waals surface area contributed by atoms with Gasteiger partial charge in [-0.15, -0.1) is 0 Å². The van der Waals surface area contributed by atoms with Crippen molar-refractivity contribution in [1.29, 1.82) is 0 Å². The Hall–Kier alpha value is -2.13. The lowest BCUT2D eigenvalue weighted by atomic mass is 9.96. The second kappa shape index (κ2) is 9.58. The first-order valence-electron chi connectivity index (χ1n) is 9.85. The van der Waals surface area contributed by atoms with Crippen LogP contribution in [-0.4, -0.2) is 74.7 Å². The Morgan fingerprint density at radius 1 is 1.10 bits per heavy atom. The van der Waals surface area contributed by atoms with Crippen LogP contribution < -0.4 is 5.32 Å². The summed E-state index contributed by atoms with van der Waals surface area (Å²) in [5.41, 5.74) is 0.838. The Labute approximate surface area is 173 Å². The fourth-order valence-corrected chi connectivity index (χ4v) is 4.54. The Kier molecular flexibility index (Phi) is 7.65. The van der Waals surface area contributed by atoms with Gasteiger partial charge < -0.3 is 15.1 Å². The molecular weight excluding hydrogens is 392 g/mol. The van der Waals surface area contributed by atoms with Gasteiger partial charge in [0.25, 0.3) is 0 Å². The lowest BCUT2D eigenvalue weighted by Gasteiger charge is -2.33. The van der Waals surface area contributed by atoms with Crippen LogP contribution in [0.2, 0.25) is 0 Å². The van der Waals surface area contributed by atoms with Crippen LogP contribution in [0.25, 0.3) is 0 Å². The normalized spacial score (nSPS) is 15.6. The van der Waals surface area contributed by atoms with Gasteiger partial charge in [-0.25, -0.2) is 13.2 Å². The molecule has 1 aromatic rings. The molecule has 9 heteroatoms. The maximum atomic E-state index is 12.5. The van der Waals surface area contributed by atoms with Gasteiger partial charge in [-0.2, -0.15) is 4.31 Å². The summed E-state index contributed by atoms with van der Waals surface area (Å²) in [6, 6.07) is 6.43. The first kappa shape index (κ1) is 23.2. The topological polar surface area (TPSA) is 90.0 Å². The third kappa shape index (κ3) is 5.70. The molecule has 3 amide bonds. The predicted octanol–water partition coefficient (Wildman–Crippen LogP) is 1.73. The zero-order valence-electron chi connectivity index (χ0n) is 17.9. The highest BCUT2D eigenvalue weighted by Gasteiger charge is 2.28. The van der Waals surface area contributed by atoms with E-state index in [1.165, 1.54) is 4.31 Å². The lowest BCUT2D eigenvalue weighted by Crippen LogP contribution is -2.46. The second-order valence-electron chi connectivity index (χ2n) is 7.92. The number of likely N-dealkylation sites (tertiary alicyclic amines) is 1. The summed E-state index contributed by atoms with van der Waals surface area (Å²) in [7, 11) is 1.49. The molecule has 29 heavy (non-hydrogen) atoms. The van der Waals surface area contributed by atoms with Crippen molar-refractivity contribution in [3.05, 3.63) is 29.8 Å². The molecule has 8 nitrogen and oxygen atoms in total. The standard InChI is InChI=1S/C20H32N4O4S/c1-15(2)23(5)29(27,28)18-8-6-16(7-9-18)14-21-19(25)17-10-12-24(13-11-17)20(26)22(3)4/h6-9,15,17H,10-14H2,1-5H3,(H,21,25). The third-order valence-corrected chi connectivity index (χ3v) is 7.36. The molecule has 162 valence electrons. The summed E-state index contributed by atoms with van der Waals surface area (Å²) < 4.78 is 26.3. The Morgan fingerprint density at radius 3 is 2.14 bits per heavy atom. The maximum absolute atomic E-state index is 12.5. The fraction of sp³-hybridized carbons (Fsp3) is 0.600. The van der Waals surface area contributed by atoms with Crippen molar-refractivity contribution in [2.24, 2.45) is 5.92 Å². The van der Waals surface area contributed by atoms with E-state index in [9.17, 15) is 18.0 Å². The SMILES string of the molecule is CC(C)N(C)S(=O)(=O)c1ccc(CNC(=O)C2CCN(C(=O)N(C)C)CC2)cc1. The van der Waals surface area contributed by atoms with E-state index in [0.717, 1.165) is 5.56 Å². The minimum absolute atomic E-state index is 0.0259. The highest BCUT2D eigenvalue weighted by molar-refractivity contribution is 7.89. The molecular formula is C20H32N4O4S. The number of rotatable bonds is 6. The molecule has 0 saturated carbocycles. The summed E-state index contributed by atoms with van der Waals surface area (Å²) in [5.74, 6) is -0.140. The summed E-state index contributed by atoms with van der Waals surface area (Å²) in [6.45, 7) is 5.14. The quantitative estimate of drug-likeness (QED) is 0.753. The van der Waals surface area contributed by atoms with Crippen LogP contribution >= 0.6 is 0 Å². The molecule has 0 spiro atoms. The molecule has 1 N–H and O–H groups in total. The smallest absolute Gasteiger partial charge is 0.319 e. The number of nitrogens with one attached hydrogen (secondary N) is 1. The molecule has 1 aromatic carbocycles. The Bertz CT molecular complexity index is 813. The number of piperidine rings is 1. The molecule has 1 heterocycles. The highest BCUT2D eigenvalue weighted by atomic mass is 32.2. The molecule has 0 atom stereocenters. The minimum Gasteiger partial charge on any atom is -0.352 e. The summed E-state index contributed by atoms with van der Waals surface area (Å²) in [6.07, 6.45) is 1.29. The van der Waals surface area contributed by atoms with Crippen LogP contribution in [0.1, 0.15) is 32.3 Å². The molecule has 1 fully saturated rings. The van der Waals surface area contributed by atoms with Gasteiger partial charge in [0.15, 0.2) is 0 Å². The summed E-state index contributed by atoms with van der Waals surface area (Å²) in [5, 5.41) is 2.92. The monoisotopic (exact) mass is 424 g/mol. The van der Waals surface area contributed by atoms with Crippen molar-refractivity contribution < 1.29 is 18.0 Å². The lowest BCUT2D eigenvalue weighted by molar-refractivity contribution is -0.126. The Balaban J connectivity index is 1.88. The van der Waals surface area contributed by atoms with E-state index in [0.29, 0.717) is 32.5 Å².